The number of fused-ring (bicyclic) bond motifs is 1. The zero-order chi connectivity index (χ0) is 15.1. The zero-order valence-corrected chi connectivity index (χ0v) is 12.4. The lowest BCUT2D eigenvalue weighted by atomic mass is 10.1. The van der Waals surface area contributed by atoms with Gasteiger partial charge in [0.1, 0.15) is 24.1 Å². The van der Waals surface area contributed by atoms with Crippen LogP contribution in [0.2, 0.25) is 0 Å². The summed E-state index contributed by atoms with van der Waals surface area (Å²) in [7, 11) is 0. The van der Waals surface area contributed by atoms with E-state index in [4.69, 9.17) is 14.6 Å². The van der Waals surface area contributed by atoms with Crippen LogP contribution in [0.15, 0.2) is 22.7 Å². The number of aliphatic hydroxyl groups excluding tert-OH is 3. The average molecular weight is 360 g/mol. The number of rotatable bonds is 2. The Kier molecular flexibility index (Phi) is 3.89. The molecule has 1 aromatic rings. The van der Waals surface area contributed by atoms with Crippen LogP contribution in [0.5, 0.6) is 5.75 Å². The summed E-state index contributed by atoms with van der Waals surface area (Å²) in [6.07, 6.45) is -5.21. The summed E-state index contributed by atoms with van der Waals surface area (Å²) in [6.45, 7) is -0.264. The van der Waals surface area contributed by atoms with Crippen LogP contribution in [0, 0.1) is 0 Å². The van der Waals surface area contributed by atoms with Crippen molar-refractivity contribution in [1.29, 1.82) is 0 Å². The second-order valence-corrected chi connectivity index (χ2v) is 5.89. The summed E-state index contributed by atoms with van der Waals surface area (Å²) in [6, 6.07) is 5.23. The number of hydrogen-bond donors (Lipinski definition) is 3. The SMILES string of the molecule is O=C1Oc2ccc(Br)cc2CN1[C@@H]1O[C@H](CO)[C@@H](O)[C@H]1O. The van der Waals surface area contributed by atoms with E-state index >= 15 is 0 Å². The Hall–Kier alpha value is -1.19. The summed E-state index contributed by atoms with van der Waals surface area (Å²) in [5, 5.41) is 28.8. The summed E-state index contributed by atoms with van der Waals surface area (Å²) in [4.78, 5) is 13.2. The molecule has 0 bridgehead atoms. The first-order valence-electron chi connectivity index (χ1n) is 6.40. The molecule has 1 fully saturated rings. The maximum Gasteiger partial charge on any atom is 0.417 e. The molecule has 8 heteroatoms. The highest BCUT2D eigenvalue weighted by Crippen LogP contribution is 2.33. The summed E-state index contributed by atoms with van der Waals surface area (Å²) in [5.74, 6) is 0.450. The molecule has 0 spiro atoms. The molecule has 2 aliphatic heterocycles. The first kappa shape index (κ1) is 14.7. The van der Waals surface area contributed by atoms with Gasteiger partial charge in [0, 0.05) is 10.0 Å². The van der Waals surface area contributed by atoms with Crippen LogP contribution in [0.4, 0.5) is 4.79 Å². The lowest BCUT2D eigenvalue weighted by molar-refractivity contribution is -0.0905. The number of aliphatic hydroxyl groups is 3. The third kappa shape index (κ3) is 2.53. The average Bonchev–Trinajstić information content (AvgIpc) is 2.75. The monoisotopic (exact) mass is 359 g/mol. The van der Waals surface area contributed by atoms with Crippen molar-refractivity contribution in [2.75, 3.05) is 6.61 Å². The minimum atomic E-state index is -1.30. The highest BCUT2D eigenvalue weighted by molar-refractivity contribution is 9.10. The van der Waals surface area contributed by atoms with Crippen molar-refractivity contribution in [1.82, 2.24) is 4.90 Å². The fourth-order valence-electron chi connectivity index (χ4n) is 2.50. The summed E-state index contributed by atoms with van der Waals surface area (Å²) >= 11 is 3.34. The molecule has 1 saturated heterocycles. The largest absolute Gasteiger partial charge is 0.417 e. The quantitative estimate of drug-likeness (QED) is 0.697. The van der Waals surface area contributed by atoms with Crippen LogP contribution in [-0.2, 0) is 11.3 Å². The van der Waals surface area contributed by atoms with Crippen LogP contribution in [0.25, 0.3) is 0 Å². The van der Waals surface area contributed by atoms with Crippen molar-refractivity contribution in [3.63, 3.8) is 0 Å². The van der Waals surface area contributed by atoms with Gasteiger partial charge < -0.3 is 24.8 Å². The molecule has 0 aromatic heterocycles. The van der Waals surface area contributed by atoms with E-state index in [0.29, 0.717) is 5.75 Å². The first-order chi connectivity index (χ1) is 10.0. The van der Waals surface area contributed by atoms with Crippen molar-refractivity contribution >= 4 is 22.0 Å². The predicted molar refractivity (Wildman–Crippen MR) is 73.5 cm³/mol. The van der Waals surface area contributed by atoms with Crippen LogP contribution in [0.1, 0.15) is 5.56 Å². The van der Waals surface area contributed by atoms with E-state index in [1.165, 1.54) is 4.90 Å². The van der Waals surface area contributed by atoms with Gasteiger partial charge in [-0.3, -0.25) is 4.90 Å². The van der Waals surface area contributed by atoms with Crippen LogP contribution in [0.3, 0.4) is 0 Å². The normalized spacial score (nSPS) is 32.0. The fourth-order valence-corrected chi connectivity index (χ4v) is 2.91. The molecule has 2 heterocycles. The summed E-state index contributed by atoms with van der Waals surface area (Å²) < 4.78 is 11.4. The van der Waals surface area contributed by atoms with Gasteiger partial charge in [0.15, 0.2) is 6.23 Å². The van der Waals surface area contributed by atoms with E-state index in [1.807, 2.05) is 0 Å². The van der Waals surface area contributed by atoms with Gasteiger partial charge in [-0.1, -0.05) is 15.9 Å². The van der Waals surface area contributed by atoms with Crippen molar-refractivity contribution in [3.8, 4) is 5.75 Å². The first-order valence-corrected chi connectivity index (χ1v) is 7.20. The Morgan fingerprint density at radius 2 is 2.10 bits per heavy atom. The lowest BCUT2D eigenvalue weighted by Crippen LogP contribution is -2.49. The molecule has 0 saturated carbocycles. The third-order valence-electron chi connectivity index (χ3n) is 3.62. The standard InChI is InChI=1S/C13H14BrNO6/c14-7-1-2-8-6(3-7)4-15(13(19)21-8)12-11(18)10(17)9(5-16)20-12/h1-3,9-12,16-18H,4-5H2/t9-,10-,11-,12-/m1/s1. The molecule has 21 heavy (non-hydrogen) atoms. The molecule has 2 aliphatic rings. The van der Waals surface area contributed by atoms with Gasteiger partial charge in [0.25, 0.3) is 0 Å². The Morgan fingerprint density at radius 3 is 2.76 bits per heavy atom. The molecule has 114 valence electrons. The van der Waals surface area contributed by atoms with E-state index in [-0.39, 0.29) is 6.54 Å². The molecule has 1 amide bonds. The van der Waals surface area contributed by atoms with Crippen LogP contribution >= 0.6 is 15.9 Å². The lowest BCUT2D eigenvalue weighted by Gasteiger charge is -2.33. The number of nitrogens with zero attached hydrogens (tertiary/aromatic N) is 1. The number of carbonyl (C=O) groups is 1. The second-order valence-electron chi connectivity index (χ2n) is 4.98. The Bertz CT molecular complexity index is 568. The maximum atomic E-state index is 12.0. The van der Waals surface area contributed by atoms with Gasteiger partial charge in [0.05, 0.1) is 13.2 Å². The van der Waals surface area contributed by atoms with E-state index < -0.39 is 37.2 Å². The minimum Gasteiger partial charge on any atom is -0.410 e. The fraction of sp³-hybridized carbons (Fsp3) is 0.462. The number of halogens is 1. The van der Waals surface area contributed by atoms with Crippen LogP contribution in [-0.4, -0.2) is 57.5 Å². The highest BCUT2D eigenvalue weighted by atomic mass is 79.9. The van der Waals surface area contributed by atoms with Gasteiger partial charge >= 0.3 is 6.09 Å². The molecule has 3 rings (SSSR count). The molecule has 4 atom stereocenters. The van der Waals surface area contributed by atoms with Gasteiger partial charge in [-0.2, -0.15) is 0 Å². The number of benzene rings is 1. The predicted octanol–water partition coefficient (Wildman–Crippen LogP) is 0.202. The maximum absolute atomic E-state index is 12.0. The number of ether oxygens (including phenoxy) is 2. The van der Waals surface area contributed by atoms with Gasteiger partial charge in [-0.25, -0.2) is 4.79 Å². The van der Waals surface area contributed by atoms with E-state index in [2.05, 4.69) is 15.9 Å². The molecule has 3 N–H and O–H groups in total. The molecule has 0 aliphatic carbocycles. The topological polar surface area (TPSA) is 99.5 Å². The van der Waals surface area contributed by atoms with Crippen molar-refractivity contribution in [2.45, 2.75) is 31.1 Å². The Morgan fingerprint density at radius 1 is 1.33 bits per heavy atom. The van der Waals surface area contributed by atoms with E-state index in [9.17, 15) is 15.0 Å². The zero-order valence-electron chi connectivity index (χ0n) is 10.8. The Labute approximate surface area is 128 Å². The van der Waals surface area contributed by atoms with Crippen LogP contribution < -0.4 is 4.74 Å². The number of carbonyl (C=O) groups excluding carboxylic acids is 1. The van der Waals surface area contributed by atoms with Crippen molar-refractivity contribution in [2.24, 2.45) is 0 Å². The molecular weight excluding hydrogens is 346 g/mol. The smallest absolute Gasteiger partial charge is 0.410 e. The molecule has 0 unspecified atom stereocenters. The van der Waals surface area contributed by atoms with E-state index in [0.717, 1.165) is 10.0 Å². The van der Waals surface area contributed by atoms with Crippen molar-refractivity contribution in [3.05, 3.63) is 28.2 Å². The molecular formula is C13H14BrNO6. The highest BCUT2D eigenvalue weighted by Gasteiger charge is 2.48. The number of amides is 1. The van der Waals surface area contributed by atoms with Gasteiger partial charge in [0.2, 0.25) is 0 Å². The van der Waals surface area contributed by atoms with E-state index in [1.54, 1.807) is 18.2 Å². The van der Waals surface area contributed by atoms with Gasteiger partial charge in [-0.15, -0.1) is 0 Å². The molecule has 0 radical (unpaired) electrons. The second kappa shape index (κ2) is 5.54. The van der Waals surface area contributed by atoms with Gasteiger partial charge in [-0.05, 0) is 18.2 Å². The molecule has 7 nitrogen and oxygen atoms in total. The number of hydrogen-bond acceptors (Lipinski definition) is 6. The minimum absolute atomic E-state index is 0.181. The third-order valence-corrected chi connectivity index (χ3v) is 4.11. The summed E-state index contributed by atoms with van der Waals surface area (Å²) in [5.41, 5.74) is 0.752. The Balaban J connectivity index is 1.85. The molecule has 1 aromatic carbocycles. The van der Waals surface area contributed by atoms with Crippen molar-refractivity contribution < 1.29 is 29.6 Å².